The monoisotopic (exact) mass is 242 g/mol. The maximum absolute atomic E-state index is 4.49. The Morgan fingerprint density at radius 2 is 2.00 bits per heavy atom. The van der Waals surface area contributed by atoms with Gasteiger partial charge in [0.2, 0.25) is 0 Å². The first-order valence-electron chi connectivity index (χ1n) is 6.17. The van der Waals surface area contributed by atoms with E-state index in [0.717, 1.165) is 23.7 Å². The van der Waals surface area contributed by atoms with Crippen LogP contribution in [0.15, 0.2) is 42.7 Å². The zero-order chi connectivity index (χ0) is 12.8. The van der Waals surface area contributed by atoms with Gasteiger partial charge < -0.3 is 10.6 Å². The molecule has 1 atom stereocenters. The van der Waals surface area contributed by atoms with Gasteiger partial charge in [0.15, 0.2) is 0 Å². The van der Waals surface area contributed by atoms with Crippen molar-refractivity contribution in [2.75, 3.05) is 17.2 Å². The van der Waals surface area contributed by atoms with Gasteiger partial charge >= 0.3 is 0 Å². The van der Waals surface area contributed by atoms with E-state index in [1.165, 1.54) is 0 Å². The van der Waals surface area contributed by atoms with Gasteiger partial charge in [-0.05, 0) is 37.6 Å². The minimum atomic E-state index is 0.183. The van der Waals surface area contributed by atoms with Crippen molar-refractivity contribution in [1.29, 1.82) is 0 Å². The van der Waals surface area contributed by atoms with Gasteiger partial charge in [-0.15, -0.1) is 0 Å². The fourth-order valence-electron chi connectivity index (χ4n) is 1.73. The van der Waals surface area contributed by atoms with Crippen molar-refractivity contribution in [1.82, 2.24) is 9.97 Å². The lowest BCUT2D eigenvalue weighted by molar-refractivity contribution is 0.866. The summed E-state index contributed by atoms with van der Waals surface area (Å²) in [5, 5.41) is 6.56. The largest absolute Gasteiger partial charge is 0.370 e. The van der Waals surface area contributed by atoms with E-state index in [2.05, 4.69) is 40.5 Å². The van der Waals surface area contributed by atoms with E-state index in [0.29, 0.717) is 0 Å². The molecule has 18 heavy (non-hydrogen) atoms. The summed E-state index contributed by atoms with van der Waals surface area (Å²) in [6.45, 7) is 5.02. The topological polar surface area (TPSA) is 49.8 Å². The predicted octanol–water partition coefficient (Wildman–Crippen LogP) is 3.08. The van der Waals surface area contributed by atoms with Crippen LogP contribution in [-0.2, 0) is 0 Å². The van der Waals surface area contributed by atoms with Crippen LogP contribution in [0.5, 0.6) is 0 Å². The first-order chi connectivity index (χ1) is 8.79. The highest BCUT2D eigenvalue weighted by molar-refractivity contribution is 5.46. The number of rotatable bonds is 5. The Balaban J connectivity index is 2.07. The van der Waals surface area contributed by atoms with E-state index < -0.39 is 0 Å². The zero-order valence-electron chi connectivity index (χ0n) is 10.7. The highest BCUT2D eigenvalue weighted by atomic mass is 15.1. The molecule has 0 amide bonds. The average Bonchev–Trinajstić information content (AvgIpc) is 2.40. The summed E-state index contributed by atoms with van der Waals surface area (Å²) < 4.78 is 0. The van der Waals surface area contributed by atoms with Crippen LogP contribution >= 0.6 is 0 Å². The summed E-state index contributed by atoms with van der Waals surface area (Å²) in [7, 11) is 0. The SMILES string of the molecule is CCNc1cccc(NC(C)c2cccnc2)n1. The standard InChI is InChI=1S/C14H18N4/c1-3-16-13-7-4-8-14(18-13)17-11(2)12-6-5-9-15-10-12/h4-11H,3H2,1-2H3,(H2,16,17,18). The van der Waals surface area contributed by atoms with Gasteiger partial charge in [0.05, 0.1) is 6.04 Å². The molecule has 4 heteroatoms. The van der Waals surface area contributed by atoms with Gasteiger partial charge in [-0.2, -0.15) is 0 Å². The summed E-state index contributed by atoms with van der Waals surface area (Å²) in [5.41, 5.74) is 1.15. The molecule has 4 nitrogen and oxygen atoms in total. The lowest BCUT2D eigenvalue weighted by Gasteiger charge is -2.15. The zero-order valence-corrected chi connectivity index (χ0v) is 10.7. The summed E-state index contributed by atoms with van der Waals surface area (Å²) in [6.07, 6.45) is 3.64. The van der Waals surface area contributed by atoms with Gasteiger partial charge in [-0.3, -0.25) is 4.98 Å². The van der Waals surface area contributed by atoms with Crippen LogP contribution in [0.2, 0.25) is 0 Å². The van der Waals surface area contributed by atoms with Crippen molar-refractivity contribution in [3.63, 3.8) is 0 Å². The number of hydrogen-bond donors (Lipinski definition) is 2. The Bertz CT molecular complexity index is 484. The predicted molar refractivity (Wildman–Crippen MR) is 74.7 cm³/mol. The second kappa shape index (κ2) is 6.00. The number of pyridine rings is 2. The van der Waals surface area contributed by atoms with Crippen LogP contribution in [0, 0.1) is 0 Å². The smallest absolute Gasteiger partial charge is 0.128 e. The van der Waals surface area contributed by atoms with Crippen molar-refractivity contribution in [3.05, 3.63) is 48.3 Å². The average molecular weight is 242 g/mol. The fraction of sp³-hybridized carbons (Fsp3) is 0.286. The number of nitrogens with one attached hydrogen (secondary N) is 2. The quantitative estimate of drug-likeness (QED) is 0.846. The van der Waals surface area contributed by atoms with Crippen molar-refractivity contribution in [2.45, 2.75) is 19.9 Å². The normalized spacial score (nSPS) is 11.9. The highest BCUT2D eigenvalue weighted by Gasteiger charge is 2.05. The third-order valence-corrected chi connectivity index (χ3v) is 2.66. The summed E-state index contributed by atoms with van der Waals surface area (Å²) in [6, 6.07) is 10.1. The molecule has 0 radical (unpaired) electrons. The number of nitrogens with zero attached hydrogens (tertiary/aromatic N) is 2. The van der Waals surface area contributed by atoms with Crippen molar-refractivity contribution >= 4 is 11.6 Å². The van der Waals surface area contributed by atoms with Crippen LogP contribution in [0.25, 0.3) is 0 Å². The Morgan fingerprint density at radius 1 is 1.17 bits per heavy atom. The van der Waals surface area contributed by atoms with Crippen molar-refractivity contribution < 1.29 is 0 Å². The molecule has 2 heterocycles. The van der Waals surface area contributed by atoms with Gasteiger partial charge in [-0.25, -0.2) is 4.98 Å². The van der Waals surface area contributed by atoms with Crippen LogP contribution in [0.4, 0.5) is 11.6 Å². The fourth-order valence-corrected chi connectivity index (χ4v) is 1.73. The third-order valence-electron chi connectivity index (χ3n) is 2.66. The molecule has 0 fully saturated rings. The molecule has 2 aromatic rings. The molecule has 0 aliphatic rings. The summed E-state index contributed by atoms with van der Waals surface area (Å²) in [5.74, 6) is 1.76. The van der Waals surface area contributed by atoms with E-state index in [9.17, 15) is 0 Å². The van der Waals surface area contributed by atoms with E-state index >= 15 is 0 Å². The van der Waals surface area contributed by atoms with Gasteiger partial charge in [0.1, 0.15) is 11.6 Å². The molecule has 2 aromatic heterocycles. The van der Waals surface area contributed by atoms with Crippen molar-refractivity contribution in [2.24, 2.45) is 0 Å². The molecule has 0 spiro atoms. The first kappa shape index (κ1) is 12.4. The Morgan fingerprint density at radius 3 is 2.72 bits per heavy atom. The number of aromatic nitrogens is 2. The summed E-state index contributed by atoms with van der Waals surface area (Å²) >= 11 is 0. The van der Waals surface area contributed by atoms with Crippen LogP contribution in [0.1, 0.15) is 25.5 Å². The Labute approximate surface area is 107 Å². The van der Waals surface area contributed by atoms with Crippen LogP contribution in [-0.4, -0.2) is 16.5 Å². The Hall–Kier alpha value is -2.10. The maximum Gasteiger partial charge on any atom is 0.128 e. The lowest BCUT2D eigenvalue weighted by Crippen LogP contribution is -2.09. The molecular formula is C14H18N4. The van der Waals surface area contributed by atoms with Gasteiger partial charge in [0.25, 0.3) is 0 Å². The molecule has 1 unspecified atom stereocenters. The lowest BCUT2D eigenvalue weighted by atomic mass is 10.1. The number of anilines is 2. The minimum Gasteiger partial charge on any atom is -0.370 e. The molecule has 94 valence electrons. The van der Waals surface area contributed by atoms with Crippen LogP contribution < -0.4 is 10.6 Å². The second-order valence-electron chi connectivity index (χ2n) is 4.09. The summed E-state index contributed by atoms with van der Waals surface area (Å²) in [4.78, 5) is 8.61. The Kier molecular flexibility index (Phi) is 4.12. The molecule has 2 N–H and O–H groups in total. The molecule has 0 aliphatic carbocycles. The first-order valence-corrected chi connectivity index (χ1v) is 6.17. The molecule has 0 aliphatic heterocycles. The molecular weight excluding hydrogens is 224 g/mol. The second-order valence-corrected chi connectivity index (χ2v) is 4.09. The molecule has 0 aromatic carbocycles. The van der Waals surface area contributed by atoms with Crippen molar-refractivity contribution in [3.8, 4) is 0 Å². The maximum atomic E-state index is 4.49. The molecule has 0 saturated carbocycles. The van der Waals surface area contributed by atoms with E-state index in [1.54, 1.807) is 6.20 Å². The van der Waals surface area contributed by atoms with Crippen LogP contribution in [0.3, 0.4) is 0 Å². The van der Waals surface area contributed by atoms with E-state index in [-0.39, 0.29) is 6.04 Å². The van der Waals surface area contributed by atoms with Gasteiger partial charge in [-0.1, -0.05) is 12.1 Å². The third kappa shape index (κ3) is 3.20. The van der Waals surface area contributed by atoms with E-state index in [1.807, 2.05) is 30.5 Å². The molecule has 0 saturated heterocycles. The highest BCUT2D eigenvalue weighted by Crippen LogP contribution is 2.17. The molecule has 2 rings (SSSR count). The number of hydrogen-bond acceptors (Lipinski definition) is 4. The molecule has 0 bridgehead atoms. The van der Waals surface area contributed by atoms with Gasteiger partial charge in [0, 0.05) is 18.9 Å². The minimum absolute atomic E-state index is 0.183. The van der Waals surface area contributed by atoms with E-state index in [4.69, 9.17) is 0 Å².